The summed E-state index contributed by atoms with van der Waals surface area (Å²) in [5.74, 6) is 1.74. The maximum Gasteiger partial charge on any atom is 0.244 e. The minimum absolute atomic E-state index is 0.0728. The number of aromatic nitrogens is 5. The van der Waals surface area contributed by atoms with Crippen molar-refractivity contribution in [1.82, 2.24) is 29.6 Å². The van der Waals surface area contributed by atoms with Crippen molar-refractivity contribution in [2.75, 3.05) is 36.4 Å². The van der Waals surface area contributed by atoms with Gasteiger partial charge in [0.2, 0.25) is 11.9 Å². The van der Waals surface area contributed by atoms with Gasteiger partial charge < -0.3 is 15.1 Å². The van der Waals surface area contributed by atoms with Gasteiger partial charge in [0.25, 0.3) is 0 Å². The second-order valence-electron chi connectivity index (χ2n) is 7.63. The van der Waals surface area contributed by atoms with Crippen molar-refractivity contribution in [2.45, 2.75) is 51.6 Å². The van der Waals surface area contributed by atoms with Crippen molar-refractivity contribution in [3.8, 4) is 0 Å². The van der Waals surface area contributed by atoms with E-state index in [1.165, 1.54) is 38.4 Å². The van der Waals surface area contributed by atoms with Crippen LogP contribution in [0.25, 0.3) is 0 Å². The first-order valence-corrected chi connectivity index (χ1v) is 10.1. The largest absolute Gasteiger partial charge is 0.353 e. The Morgan fingerprint density at radius 3 is 2.64 bits per heavy atom. The first kappa shape index (κ1) is 18.6. The Labute approximate surface area is 165 Å². The summed E-state index contributed by atoms with van der Waals surface area (Å²) in [6.07, 6.45) is 9.29. The lowest BCUT2D eigenvalue weighted by molar-refractivity contribution is -0.132. The molecule has 2 aromatic rings. The van der Waals surface area contributed by atoms with Crippen LogP contribution in [0.2, 0.25) is 0 Å². The van der Waals surface area contributed by atoms with E-state index in [-0.39, 0.29) is 12.5 Å². The molecule has 1 amide bonds. The van der Waals surface area contributed by atoms with E-state index >= 15 is 0 Å². The van der Waals surface area contributed by atoms with E-state index in [0.29, 0.717) is 19.1 Å². The fraction of sp³-hybridized carbons (Fsp3) is 0.632. The molecule has 1 N–H and O–H groups in total. The van der Waals surface area contributed by atoms with Crippen LogP contribution in [0, 0.1) is 6.92 Å². The van der Waals surface area contributed by atoms with Crippen LogP contribution in [0.4, 0.5) is 11.8 Å². The van der Waals surface area contributed by atoms with Crippen LogP contribution in [0.1, 0.15) is 37.8 Å². The number of rotatable bonds is 5. The third-order valence-electron chi connectivity index (χ3n) is 5.50. The molecule has 0 radical (unpaired) electrons. The molecule has 1 aliphatic heterocycles. The molecule has 1 aliphatic carbocycles. The molecular formula is C19H28N8O. The topological polar surface area (TPSA) is 92.1 Å². The minimum atomic E-state index is 0.0728. The summed E-state index contributed by atoms with van der Waals surface area (Å²) in [4.78, 5) is 29.8. The van der Waals surface area contributed by atoms with Gasteiger partial charge in [0.05, 0.1) is 0 Å². The summed E-state index contributed by atoms with van der Waals surface area (Å²) < 4.78 is 1.56. The van der Waals surface area contributed by atoms with Gasteiger partial charge in [0.1, 0.15) is 25.0 Å². The molecule has 9 heteroatoms. The van der Waals surface area contributed by atoms with Crippen molar-refractivity contribution < 1.29 is 4.79 Å². The average molecular weight is 384 g/mol. The maximum atomic E-state index is 12.4. The van der Waals surface area contributed by atoms with Gasteiger partial charge in [-0.15, -0.1) is 0 Å². The van der Waals surface area contributed by atoms with Gasteiger partial charge in [-0.2, -0.15) is 10.1 Å². The number of carbonyl (C=O) groups excluding carboxylic acids is 1. The highest BCUT2D eigenvalue weighted by atomic mass is 16.2. The second-order valence-corrected chi connectivity index (χ2v) is 7.63. The molecule has 9 nitrogen and oxygen atoms in total. The molecule has 28 heavy (non-hydrogen) atoms. The Bertz CT molecular complexity index is 779. The number of hydrogen-bond donors (Lipinski definition) is 1. The third kappa shape index (κ3) is 4.58. The summed E-state index contributed by atoms with van der Waals surface area (Å²) >= 11 is 0. The van der Waals surface area contributed by atoms with Crippen LogP contribution in [-0.2, 0) is 11.3 Å². The van der Waals surface area contributed by atoms with Gasteiger partial charge in [-0.05, 0) is 19.8 Å². The second kappa shape index (κ2) is 8.53. The van der Waals surface area contributed by atoms with Crippen LogP contribution in [-0.4, -0.2) is 67.8 Å². The lowest BCUT2D eigenvalue weighted by atomic mass is 9.96. The molecule has 4 rings (SSSR count). The van der Waals surface area contributed by atoms with Gasteiger partial charge >= 0.3 is 0 Å². The monoisotopic (exact) mass is 384 g/mol. The third-order valence-corrected chi connectivity index (χ3v) is 5.50. The van der Waals surface area contributed by atoms with E-state index in [0.717, 1.165) is 30.5 Å². The highest BCUT2D eigenvalue weighted by molar-refractivity contribution is 5.76. The van der Waals surface area contributed by atoms with Gasteiger partial charge in [0, 0.05) is 44.0 Å². The van der Waals surface area contributed by atoms with E-state index in [4.69, 9.17) is 4.98 Å². The molecule has 0 bridgehead atoms. The van der Waals surface area contributed by atoms with Crippen LogP contribution in [0.15, 0.2) is 18.7 Å². The molecular weight excluding hydrogens is 356 g/mol. The summed E-state index contributed by atoms with van der Waals surface area (Å²) in [7, 11) is 0. The molecule has 1 saturated carbocycles. The fourth-order valence-electron chi connectivity index (χ4n) is 3.95. The normalized spacial score (nSPS) is 18.3. The molecule has 1 saturated heterocycles. The Kier molecular flexibility index (Phi) is 5.68. The van der Waals surface area contributed by atoms with Crippen LogP contribution >= 0.6 is 0 Å². The van der Waals surface area contributed by atoms with Crippen molar-refractivity contribution in [2.24, 2.45) is 0 Å². The Morgan fingerprint density at radius 1 is 1.14 bits per heavy atom. The van der Waals surface area contributed by atoms with Crippen molar-refractivity contribution in [3.63, 3.8) is 0 Å². The number of amides is 1. The standard InChI is InChI=1S/C19H28N8O/c1-15-11-17(24-19(22-15)23-16-5-3-2-4-6-16)25-7-9-26(10-8-25)18(28)12-27-14-20-13-21-27/h11,13-14,16H,2-10,12H2,1H3,(H,22,23,24). The van der Waals surface area contributed by atoms with Gasteiger partial charge in [-0.25, -0.2) is 14.6 Å². The highest BCUT2D eigenvalue weighted by Crippen LogP contribution is 2.22. The number of hydrogen-bond acceptors (Lipinski definition) is 7. The molecule has 2 fully saturated rings. The Morgan fingerprint density at radius 2 is 1.93 bits per heavy atom. The minimum Gasteiger partial charge on any atom is -0.353 e. The molecule has 3 heterocycles. The average Bonchev–Trinajstić information content (AvgIpc) is 3.21. The first-order valence-electron chi connectivity index (χ1n) is 10.1. The predicted octanol–water partition coefficient (Wildman–Crippen LogP) is 1.47. The quantitative estimate of drug-likeness (QED) is 0.834. The van der Waals surface area contributed by atoms with E-state index < -0.39 is 0 Å². The highest BCUT2D eigenvalue weighted by Gasteiger charge is 2.23. The number of nitrogens with one attached hydrogen (secondary N) is 1. The summed E-state index contributed by atoms with van der Waals surface area (Å²) in [6.45, 7) is 5.14. The molecule has 150 valence electrons. The summed E-state index contributed by atoms with van der Waals surface area (Å²) in [6, 6.07) is 2.51. The zero-order valence-electron chi connectivity index (χ0n) is 16.4. The molecule has 0 spiro atoms. The van der Waals surface area contributed by atoms with Crippen molar-refractivity contribution in [1.29, 1.82) is 0 Å². The summed E-state index contributed by atoms with van der Waals surface area (Å²) in [5, 5.41) is 7.53. The van der Waals surface area contributed by atoms with Gasteiger partial charge in [-0.1, -0.05) is 19.3 Å². The summed E-state index contributed by atoms with van der Waals surface area (Å²) in [5.41, 5.74) is 0.966. The number of piperazine rings is 1. The number of aryl methyl sites for hydroxylation is 1. The van der Waals surface area contributed by atoms with Crippen LogP contribution in [0.3, 0.4) is 0 Å². The Balaban J connectivity index is 1.35. The number of nitrogens with zero attached hydrogens (tertiary/aromatic N) is 7. The first-order chi connectivity index (χ1) is 13.7. The zero-order chi connectivity index (χ0) is 19.3. The molecule has 2 aliphatic rings. The zero-order valence-corrected chi connectivity index (χ0v) is 16.4. The van der Waals surface area contributed by atoms with E-state index in [9.17, 15) is 4.79 Å². The van der Waals surface area contributed by atoms with Crippen LogP contribution < -0.4 is 10.2 Å². The lowest BCUT2D eigenvalue weighted by Gasteiger charge is -2.35. The lowest BCUT2D eigenvalue weighted by Crippen LogP contribution is -2.50. The number of carbonyl (C=O) groups is 1. The van der Waals surface area contributed by atoms with E-state index in [1.54, 1.807) is 11.0 Å². The molecule has 0 atom stereocenters. The van der Waals surface area contributed by atoms with E-state index in [2.05, 4.69) is 25.3 Å². The maximum absolute atomic E-state index is 12.4. The SMILES string of the molecule is Cc1cc(N2CCN(C(=O)Cn3cncn3)CC2)nc(NC2CCCCC2)n1. The fourth-order valence-corrected chi connectivity index (χ4v) is 3.95. The van der Waals surface area contributed by atoms with Crippen molar-refractivity contribution >= 4 is 17.7 Å². The van der Waals surface area contributed by atoms with Crippen molar-refractivity contribution in [3.05, 3.63) is 24.4 Å². The predicted molar refractivity (Wildman–Crippen MR) is 106 cm³/mol. The number of anilines is 2. The van der Waals surface area contributed by atoms with Crippen LogP contribution in [0.5, 0.6) is 0 Å². The van der Waals surface area contributed by atoms with Gasteiger partial charge in [-0.3, -0.25) is 4.79 Å². The van der Waals surface area contributed by atoms with Gasteiger partial charge in [0.15, 0.2) is 0 Å². The molecule has 0 unspecified atom stereocenters. The Hall–Kier alpha value is -2.71. The smallest absolute Gasteiger partial charge is 0.244 e. The van der Waals surface area contributed by atoms with E-state index in [1.807, 2.05) is 17.9 Å². The molecule has 2 aromatic heterocycles. The molecule has 0 aromatic carbocycles.